The van der Waals surface area contributed by atoms with Crippen molar-refractivity contribution in [3.05, 3.63) is 71.8 Å². The quantitative estimate of drug-likeness (QED) is 0.610. The largest absolute Gasteiger partial charge is 0.334 e. The first-order chi connectivity index (χ1) is 10.6. The molecular weight excluding hydrogens is 295 g/mol. The molecule has 1 atom stereocenters. The van der Waals surface area contributed by atoms with E-state index in [1.807, 2.05) is 74.5 Å². The second-order valence-electron chi connectivity index (χ2n) is 5.32. The Bertz CT molecular complexity index is 551. The van der Waals surface area contributed by atoms with E-state index in [9.17, 15) is 4.57 Å². The maximum Gasteiger partial charge on any atom is 0.334 e. The zero-order valence-electron chi connectivity index (χ0n) is 13.1. The van der Waals surface area contributed by atoms with Crippen LogP contribution in [0.2, 0.25) is 0 Å². The molecule has 2 aromatic carbocycles. The molecule has 0 aliphatic heterocycles. The molecule has 0 aliphatic carbocycles. The summed E-state index contributed by atoms with van der Waals surface area (Å²) in [5, 5.41) is 0. The van der Waals surface area contributed by atoms with E-state index < -0.39 is 7.60 Å². The van der Waals surface area contributed by atoms with Gasteiger partial charge in [0.2, 0.25) is 0 Å². The van der Waals surface area contributed by atoms with Gasteiger partial charge >= 0.3 is 7.60 Å². The smallest absolute Gasteiger partial charge is 0.304 e. The van der Waals surface area contributed by atoms with Crippen molar-refractivity contribution in [3.8, 4) is 0 Å². The number of rotatable bonds is 8. The predicted octanol–water partition coefficient (Wildman–Crippen LogP) is 5.41. The van der Waals surface area contributed by atoms with Crippen molar-refractivity contribution in [3.63, 3.8) is 0 Å². The first-order valence-electron chi connectivity index (χ1n) is 7.60. The Balaban J connectivity index is 2.02. The normalized spacial score (nSPS) is 13.0. The standard InChI is InChI=1S/C18H23O3P/c1-3-16(2)22(19,20-14-17-10-6-4-7-11-17)21-15-18-12-8-5-9-13-18/h4-13,16H,3,14-15H2,1-2H3. The molecule has 0 amide bonds. The lowest BCUT2D eigenvalue weighted by molar-refractivity contribution is 0.184. The topological polar surface area (TPSA) is 35.5 Å². The van der Waals surface area contributed by atoms with Crippen LogP contribution in [0, 0.1) is 0 Å². The van der Waals surface area contributed by atoms with E-state index in [1.165, 1.54) is 0 Å². The van der Waals surface area contributed by atoms with Crippen molar-refractivity contribution in [1.29, 1.82) is 0 Å². The molecule has 0 N–H and O–H groups in total. The summed E-state index contributed by atoms with van der Waals surface area (Å²) in [6.45, 7) is 4.51. The second-order valence-corrected chi connectivity index (χ2v) is 7.79. The summed E-state index contributed by atoms with van der Waals surface area (Å²) < 4.78 is 24.5. The van der Waals surface area contributed by atoms with E-state index in [0.29, 0.717) is 13.2 Å². The molecule has 0 saturated heterocycles. The molecule has 0 aromatic heterocycles. The Kier molecular flexibility index (Phi) is 6.38. The van der Waals surface area contributed by atoms with Crippen molar-refractivity contribution >= 4 is 7.60 Å². The van der Waals surface area contributed by atoms with Gasteiger partial charge in [0.05, 0.1) is 18.9 Å². The molecule has 0 aliphatic rings. The van der Waals surface area contributed by atoms with Gasteiger partial charge in [-0.2, -0.15) is 0 Å². The van der Waals surface area contributed by atoms with Crippen LogP contribution in [0.1, 0.15) is 31.4 Å². The van der Waals surface area contributed by atoms with Crippen LogP contribution in [0.4, 0.5) is 0 Å². The molecule has 0 heterocycles. The van der Waals surface area contributed by atoms with Gasteiger partial charge in [0, 0.05) is 0 Å². The van der Waals surface area contributed by atoms with Crippen molar-refractivity contribution < 1.29 is 13.6 Å². The Hall–Kier alpha value is -1.41. The third-order valence-corrected chi connectivity index (χ3v) is 6.06. The fourth-order valence-corrected chi connectivity index (χ4v) is 3.68. The fraction of sp³-hybridized carbons (Fsp3) is 0.333. The summed E-state index contributed by atoms with van der Waals surface area (Å²) in [6, 6.07) is 19.5. The highest BCUT2D eigenvalue weighted by molar-refractivity contribution is 7.54. The highest BCUT2D eigenvalue weighted by atomic mass is 31.2. The van der Waals surface area contributed by atoms with E-state index in [0.717, 1.165) is 17.5 Å². The van der Waals surface area contributed by atoms with E-state index in [4.69, 9.17) is 9.05 Å². The maximum atomic E-state index is 13.0. The Morgan fingerprint density at radius 2 is 1.27 bits per heavy atom. The van der Waals surface area contributed by atoms with Gasteiger partial charge in [0.25, 0.3) is 0 Å². The third-order valence-electron chi connectivity index (χ3n) is 3.64. The molecule has 0 fully saturated rings. The molecule has 0 radical (unpaired) electrons. The molecule has 3 nitrogen and oxygen atoms in total. The van der Waals surface area contributed by atoms with E-state index >= 15 is 0 Å². The molecule has 2 rings (SSSR count). The monoisotopic (exact) mass is 318 g/mol. The SMILES string of the molecule is CCC(C)P(=O)(OCc1ccccc1)OCc1ccccc1. The Morgan fingerprint density at radius 1 is 0.864 bits per heavy atom. The van der Waals surface area contributed by atoms with Crippen molar-refractivity contribution in [1.82, 2.24) is 0 Å². The summed E-state index contributed by atoms with van der Waals surface area (Å²) in [6.07, 6.45) is 0.751. The van der Waals surface area contributed by atoms with Crippen LogP contribution in [0.25, 0.3) is 0 Å². The second kappa shape index (κ2) is 8.28. The van der Waals surface area contributed by atoms with E-state index in [-0.39, 0.29) is 5.66 Å². The molecule has 0 spiro atoms. The van der Waals surface area contributed by atoms with Gasteiger partial charge < -0.3 is 9.05 Å². The van der Waals surface area contributed by atoms with Crippen LogP contribution in [-0.4, -0.2) is 5.66 Å². The molecular formula is C18H23O3P. The molecule has 0 saturated carbocycles. The molecule has 2 aromatic rings. The minimum absolute atomic E-state index is 0.125. The van der Waals surface area contributed by atoms with Gasteiger partial charge in [-0.05, 0) is 17.5 Å². The van der Waals surface area contributed by atoms with Crippen LogP contribution in [0.5, 0.6) is 0 Å². The van der Waals surface area contributed by atoms with Crippen LogP contribution < -0.4 is 0 Å². The Morgan fingerprint density at radius 3 is 1.64 bits per heavy atom. The number of hydrogen-bond donors (Lipinski definition) is 0. The third kappa shape index (κ3) is 4.81. The molecule has 118 valence electrons. The zero-order valence-corrected chi connectivity index (χ0v) is 14.0. The van der Waals surface area contributed by atoms with Gasteiger partial charge in [-0.15, -0.1) is 0 Å². The number of benzene rings is 2. The summed E-state index contributed by atoms with van der Waals surface area (Å²) in [7, 11) is -3.14. The fourth-order valence-electron chi connectivity index (χ4n) is 1.99. The molecule has 1 unspecified atom stereocenters. The summed E-state index contributed by atoms with van der Waals surface area (Å²) in [5.74, 6) is 0. The zero-order chi connectivity index (χ0) is 15.8. The van der Waals surface area contributed by atoms with Gasteiger partial charge in [-0.1, -0.05) is 74.5 Å². The van der Waals surface area contributed by atoms with Crippen molar-refractivity contribution in [2.45, 2.75) is 39.1 Å². The van der Waals surface area contributed by atoms with Crippen LogP contribution in [0.15, 0.2) is 60.7 Å². The summed E-state index contributed by atoms with van der Waals surface area (Å²) in [4.78, 5) is 0. The summed E-state index contributed by atoms with van der Waals surface area (Å²) >= 11 is 0. The van der Waals surface area contributed by atoms with Crippen molar-refractivity contribution in [2.75, 3.05) is 0 Å². The minimum Gasteiger partial charge on any atom is -0.304 e. The van der Waals surface area contributed by atoms with E-state index in [1.54, 1.807) is 0 Å². The van der Waals surface area contributed by atoms with Gasteiger partial charge in [0.1, 0.15) is 0 Å². The average molecular weight is 318 g/mol. The lowest BCUT2D eigenvalue weighted by atomic mass is 10.2. The minimum atomic E-state index is -3.14. The predicted molar refractivity (Wildman–Crippen MR) is 89.8 cm³/mol. The first-order valence-corrected chi connectivity index (χ1v) is 9.22. The number of hydrogen-bond acceptors (Lipinski definition) is 3. The highest BCUT2D eigenvalue weighted by Gasteiger charge is 2.31. The lowest BCUT2D eigenvalue weighted by Crippen LogP contribution is -2.09. The average Bonchev–Trinajstić information content (AvgIpc) is 2.59. The van der Waals surface area contributed by atoms with Gasteiger partial charge in [-0.25, -0.2) is 0 Å². The molecule has 22 heavy (non-hydrogen) atoms. The molecule has 0 bridgehead atoms. The van der Waals surface area contributed by atoms with E-state index in [2.05, 4.69) is 0 Å². The summed E-state index contributed by atoms with van der Waals surface area (Å²) in [5.41, 5.74) is 1.86. The van der Waals surface area contributed by atoms with Crippen LogP contribution >= 0.6 is 7.60 Å². The van der Waals surface area contributed by atoms with Crippen LogP contribution in [0.3, 0.4) is 0 Å². The Labute approximate surface area is 132 Å². The van der Waals surface area contributed by atoms with Gasteiger partial charge in [0.15, 0.2) is 0 Å². The first kappa shape index (κ1) is 17.0. The van der Waals surface area contributed by atoms with Crippen molar-refractivity contribution in [2.24, 2.45) is 0 Å². The lowest BCUT2D eigenvalue weighted by Gasteiger charge is -2.23. The molecule has 4 heteroatoms. The highest BCUT2D eigenvalue weighted by Crippen LogP contribution is 2.55. The maximum absolute atomic E-state index is 13.0. The van der Waals surface area contributed by atoms with Gasteiger partial charge in [-0.3, -0.25) is 4.57 Å². The van der Waals surface area contributed by atoms with Crippen LogP contribution in [-0.2, 0) is 26.8 Å².